The number of nitrogen functional groups attached to an aromatic ring is 1. The van der Waals surface area contributed by atoms with Crippen molar-refractivity contribution in [1.29, 1.82) is 0 Å². The standard InChI is InChI=1S/C18H15NO3/c19-18-15(11-20)17(21)14-10-13(8-9-16(14)22-18)7-6-12-4-2-1-3-5-12/h1-5,8-11H,6-7,19H2. The van der Waals surface area contributed by atoms with Gasteiger partial charge in [0.25, 0.3) is 0 Å². The monoisotopic (exact) mass is 293 g/mol. The highest BCUT2D eigenvalue weighted by molar-refractivity contribution is 5.89. The fourth-order valence-corrected chi connectivity index (χ4v) is 2.47. The molecule has 3 aromatic rings. The third-order valence-electron chi connectivity index (χ3n) is 3.68. The lowest BCUT2D eigenvalue weighted by molar-refractivity contribution is 0.112. The highest BCUT2D eigenvalue weighted by Gasteiger charge is 2.11. The van der Waals surface area contributed by atoms with Crippen LogP contribution in [0.2, 0.25) is 0 Å². The molecular formula is C18H15NO3. The average molecular weight is 293 g/mol. The maximum atomic E-state index is 12.2. The molecule has 0 bridgehead atoms. The smallest absolute Gasteiger partial charge is 0.205 e. The summed E-state index contributed by atoms with van der Waals surface area (Å²) in [5, 5.41) is 0.391. The number of nitrogens with two attached hydrogens (primary N) is 1. The number of aryl methyl sites for hydroxylation is 2. The minimum atomic E-state index is -0.379. The number of aldehydes is 1. The first-order valence-corrected chi connectivity index (χ1v) is 7.03. The summed E-state index contributed by atoms with van der Waals surface area (Å²) < 4.78 is 5.33. The van der Waals surface area contributed by atoms with Crippen molar-refractivity contribution in [3.63, 3.8) is 0 Å². The van der Waals surface area contributed by atoms with E-state index in [2.05, 4.69) is 12.1 Å². The van der Waals surface area contributed by atoms with Crippen LogP contribution in [-0.2, 0) is 12.8 Å². The molecule has 22 heavy (non-hydrogen) atoms. The Morgan fingerprint density at radius 2 is 1.73 bits per heavy atom. The van der Waals surface area contributed by atoms with E-state index in [9.17, 15) is 9.59 Å². The Hall–Kier alpha value is -2.88. The second-order valence-electron chi connectivity index (χ2n) is 5.14. The molecule has 0 fully saturated rings. The number of carbonyl (C=O) groups excluding carboxylic acids is 1. The molecule has 2 N–H and O–H groups in total. The summed E-state index contributed by atoms with van der Waals surface area (Å²) in [5.74, 6) is -0.135. The van der Waals surface area contributed by atoms with E-state index in [-0.39, 0.29) is 16.9 Å². The first-order chi connectivity index (χ1) is 10.7. The quantitative estimate of drug-likeness (QED) is 0.750. The first kappa shape index (κ1) is 14.1. The summed E-state index contributed by atoms with van der Waals surface area (Å²) in [5.41, 5.74) is 7.73. The molecule has 1 aromatic heterocycles. The van der Waals surface area contributed by atoms with Crippen LogP contribution in [0, 0.1) is 0 Å². The van der Waals surface area contributed by atoms with Crippen LogP contribution in [0.3, 0.4) is 0 Å². The minimum Gasteiger partial charge on any atom is -0.440 e. The summed E-state index contributed by atoms with van der Waals surface area (Å²) in [6.45, 7) is 0. The topological polar surface area (TPSA) is 73.3 Å². The van der Waals surface area contributed by atoms with Gasteiger partial charge in [-0.1, -0.05) is 36.4 Å². The van der Waals surface area contributed by atoms with Crippen LogP contribution in [0.25, 0.3) is 11.0 Å². The fourth-order valence-electron chi connectivity index (χ4n) is 2.47. The molecule has 0 amide bonds. The van der Waals surface area contributed by atoms with Crippen LogP contribution in [0.5, 0.6) is 0 Å². The molecule has 0 atom stereocenters. The van der Waals surface area contributed by atoms with E-state index in [1.165, 1.54) is 5.56 Å². The van der Waals surface area contributed by atoms with Gasteiger partial charge in [-0.25, -0.2) is 0 Å². The number of benzene rings is 2. The lowest BCUT2D eigenvalue weighted by atomic mass is 10.0. The molecule has 0 saturated heterocycles. The Bertz CT molecular complexity index is 882. The first-order valence-electron chi connectivity index (χ1n) is 7.03. The molecule has 0 aliphatic carbocycles. The van der Waals surface area contributed by atoms with E-state index in [1.54, 1.807) is 12.1 Å². The molecule has 0 saturated carbocycles. The second kappa shape index (κ2) is 5.85. The number of carbonyl (C=O) groups is 1. The SMILES string of the molecule is Nc1oc2ccc(CCc3ccccc3)cc2c(=O)c1C=O. The number of rotatable bonds is 4. The van der Waals surface area contributed by atoms with Crippen molar-refractivity contribution < 1.29 is 9.21 Å². The Morgan fingerprint density at radius 1 is 1.00 bits per heavy atom. The van der Waals surface area contributed by atoms with Gasteiger partial charge in [-0.2, -0.15) is 0 Å². The van der Waals surface area contributed by atoms with Gasteiger partial charge in [-0.15, -0.1) is 0 Å². The summed E-state index contributed by atoms with van der Waals surface area (Å²) in [4.78, 5) is 23.2. The Labute approximate surface area is 127 Å². The van der Waals surface area contributed by atoms with Gasteiger partial charge in [0.2, 0.25) is 11.3 Å². The normalized spacial score (nSPS) is 10.7. The molecular weight excluding hydrogens is 278 g/mol. The Morgan fingerprint density at radius 3 is 2.45 bits per heavy atom. The highest BCUT2D eigenvalue weighted by Crippen LogP contribution is 2.19. The second-order valence-corrected chi connectivity index (χ2v) is 5.14. The van der Waals surface area contributed by atoms with Gasteiger partial charge in [0, 0.05) is 0 Å². The molecule has 1 heterocycles. The van der Waals surface area contributed by atoms with E-state index >= 15 is 0 Å². The van der Waals surface area contributed by atoms with Crippen LogP contribution in [0.4, 0.5) is 5.88 Å². The molecule has 3 rings (SSSR count). The van der Waals surface area contributed by atoms with Crippen molar-refractivity contribution in [3.05, 3.63) is 75.4 Å². The van der Waals surface area contributed by atoms with Crippen molar-refractivity contribution in [2.24, 2.45) is 0 Å². The zero-order chi connectivity index (χ0) is 15.5. The molecule has 2 aromatic carbocycles. The van der Waals surface area contributed by atoms with E-state index in [1.807, 2.05) is 24.3 Å². The van der Waals surface area contributed by atoms with Crippen LogP contribution in [-0.4, -0.2) is 6.29 Å². The largest absolute Gasteiger partial charge is 0.440 e. The number of hydrogen-bond donors (Lipinski definition) is 1. The molecule has 0 spiro atoms. The van der Waals surface area contributed by atoms with Crippen molar-refractivity contribution >= 4 is 23.1 Å². The number of fused-ring (bicyclic) bond motifs is 1. The Kier molecular flexibility index (Phi) is 3.74. The summed E-state index contributed by atoms with van der Waals surface area (Å²) in [6, 6.07) is 15.5. The van der Waals surface area contributed by atoms with Crippen LogP contribution < -0.4 is 11.2 Å². The lowest BCUT2D eigenvalue weighted by Crippen LogP contribution is -2.12. The zero-order valence-corrected chi connectivity index (χ0v) is 11.9. The molecule has 0 aliphatic heterocycles. The predicted octanol–water partition coefficient (Wildman–Crippen LogP) is 2.97. The Balaban J connectivity index is 1.95. The van der Waals surface area contributed by atoms with Gasteiger partial charge in [-0.05, 0) is 36.1 Å². The highest BCUT2D eigenvalue weighted by atomic mass is 16.3. The van der Waals surface area contributed by atoms with E-state index in [0.717, 1.165) is 18.4 Å². The van der Waals surface area contributed by atoms with Gasteiger partial charge in [-0.3, -0.25) is 9.59 Å². The fraction of sp³-hybridized carbons (Fsp3) is 0.111. The van der Waals surface area contributed by atoms with Gasteiger partial charge in [0.15, 0.2) is 6.29 Å². The maximum Gasteiger partial charge on any atom is 0.205 e. The van der Waals surface area contributed by atoms with Crippen molar-refractivity contribution in [3.8, 4) is 0 Å². The van der Waals surface area contributed by atoms with Crippen LogP contribution in [0.15, 0.2) is 57.7 Å². The third kappa shape index (κ3) is 2.63. The van der Waals surface area contributed by atoms with Gasteiger partial charge < -0.3 is 10.2 Å². The van der Waals surface area contributed by atoms with E-state index in [0.29, 0.717) is 17.3 Å². The molecule has 4 heteroatoms. The molecule has 110 valence electrons. The van der Waals surface area contributed by atoms with Crippen molar-refractivity contribution in [2.75, 3.05) is 5.73 Å². The molecule has 0 aliphatic rings. The number of anilines is 1. The predicted molar refractivity (Wildman–Crippen MR) is 86.1 cm³/mol. The van der Waals surface area contributed by atoms with Gasteiger partial charge >= 0.3 is 0 Å². The van der Waals surface area contributed by atoms with Crippen LogP contribution in [0.1, 0.15) is 21.5 Å². The molecule has 0 unspecified atom stereocenters. The number of hydrogen-bond acceptors (Lipinski definition) is 4. The third-order valence-corrected chi connectivity index (χ3v) is 3.68. The van der Waals surface area contributed by atoms with E-state index in [4.69, 9.17) is 10.2 Å². The summed E-state index contributed by atoms with van der Waals surface area (Å²) in [6.07, 6.45) is 2.13. The van der Waals surface area contributed by atoms with Crippen LogP contribution >= 0.6 is 0 Å². The van der Waals surface area contributed by atoms with Gasteiger partial charge in [0.1, 0.15) is 11.1 Å². The minimum absolute atomic E-state index is 0.118. The average Bonchev–Trinajstić information content (AvgIpc) is 2.54. The summed E-state index contributed by atoms with van der Waals surface area (Å²) >= 11 is 0. The van der Waals surface area contributed by atoms with Crippen molar-refractivity contribution in [2.45, 2.75) is 12.8 Å². The lowest BCUT2D eigenvalue weighted by Gasteiger charge is -2.05. The van der Waals surface area contributed by atoms with E-state index < -0.39 is 0 Å². The van der Waals surface area contributed by atoms with Gasteiger partial charge in [0.05, 0.1) is 5.39 Å². The molecule has 4 nitrogen and oxygen atoms in total. The zero-order valence-electron chi connectivity index (χ0n) is 11.9. The maximum absolute atomic E-state index is 12.2. The van der Waals surface area contributed by atoms with Crippen molar-refractivity contribution in [1.82, 2.24) is 0 Å². The molecule has 0 radical (unpaired) electrons. The summed E-state index contributed by atoms with van der Waals surface area (Å²) in [7, 11) is 0.